The molecule has 2 aliphatic rings. The number of hydrogen-bond donors (Lipinski definition) is 0. The van der Waals surface area contributed by atoms with Crippen LogP contribution >= 0.6 is 0 Å². The molecule has 3 rings (SSSR count). The van der Waals surface area contributed by atoms with Gasteiger partial charge in [0.1, 0.15) is 17.6 Å². The van der Waals surface area contributed by atoms with Crippen molar-refractivity contribution in [1.29, 1.82) is 0 Å². The van der Waals surface area contributed by atoms with Gasteiger partial charge in [-0.25, -0.2) is 0 Å². The van der Waals surface area contributed by atoms with Crippen LogP contribution in [0.4, 0.5) is 0 Å². The second-order valence-corrected chi connectivity index (χ2v) is 7.12. The molecule has 0 amide bonds. The van der Waals surface area contributed by atoms with Crippen molar-refractivity contribution in [3.8, 4) is 24.0 Å². The second-order valence-electron chi connectivity index (χ2n) is 7.12. The Balaban J connectivity index is 1.47. The molecule has 3 nitrogen and oxygen atoms in total. The lowest BCUT2D eigenvalue weighted by Gasteiger charge is -2.35. The largest absolute Gasteiger partial charge is 0.426 e. The van der Waals surface area contributed by atoms with Crippen LogP contribution < -0.4 is 9.47 Å². The molecule has 0 unspecified atom stereocenters. The maximum atomic E-state index is 12.4. The van der Waals surface area contributed by atoms with E-state index in [1.54, 1.807) is 24.3 Å². The van der Waals surface area contributed by atoms with Crippen molar-refractivity contribution in [1.82, 2.24) is 0 Å². The highest BCUT2D eigenvalue weighted by Gasteiger charge is 2.32. The smallest absolute Gasteiger partial charge is 0.314 e. The van der Waals surface area contributed by atoms with Gasteiger partial charge in [0.2, 0.25) is 0 Å². The van der Waals surface area contributed by atoms with Crippen LogP contribution in [0.15, 0.2) is 24.3 Å². The Morgan fingerprint density at radius 3 is 2.08 bits per heavy atom. The lowest BCUT2D eigenvalue weighted by Crippen LogP contribution is -2.29. The van der Waals surface area contributed by atoms with E-state index in [-0.39, 0.29) is 11.9 Å². The number of rotatable bonds is 4. The Bertz CT molecular complexity index is 570. The fourth-order valence-electron chi connectivity index (χ4n) is 4.28. The zero-order valence-electron chi connectivity index (χ0n) is 14.2. The monoisotopic (exact) mass is 326 g/mol. The van der Waals surface area contributed by atoms with Crippen LogP contribution in [-0.4, -0.2) is 5.97 Å². The molecule has 0 radical (unpaired) electrons. The standard InChI is InChI=1S/C21H26O3/c1-2-23-19-12-14-20(15-13-19)24-21(22)18-10-8-17(9-11-18)16-6-4-3-5-7-16/h1,12-18H,3-11H2. The number of ether oxygens (including phenoxy) is 2. The predicted molar refractivity (Wildman–Crippen MR) is 93.6 cm³/mol. The van der Waals surface area contributed by atoms with E-state index < -0.39 is 0 Å². The Hall–Kier alpha value is -1.95. The summed E-state index contributed by atoms with van der Waals surface area (Å²) in [6.07, 6.45) is 18.5. The summed E-state index contributed by atoms with van der Waals surface area (Å²) in [5.41, 5.74) is 0. The molecular formula is C21H26O3. The SMILES string of the molecule is C#COc1ccc(OC(=O)C2CCC(C3CCCCC3)CC2)cc1. The molecule has 0 spiro atoms. The van der Waals surface area contributed by atoms with Gasteiger partial charge in [0.05, 0.1) is 5.92 Å². The zero-order valence-corrected chi connectivity index (χ0v) is 14.2. The lowest BCUT2D eigenvalue weighted by atomic mass is 9.71. The Morgan fingerprint density at radius 2 is 1.46 bits per heavy atom. The summed E-state index contributed by atoms with van der Waals surface area (Å²) < 4.78 is 10.5. The lowest BCUT2D eigenvalue weighted by molar-refractivity contribution is -0.140. The molecule has 2 aliphatic carbocycles. The van der Waals surface area contributed by atoms with Gasteiger partial charge in [0.15, 0.2) is 0 Å². The van der Waals surface area contributed by atoms with Crippen molar-refractivity contribution in [2.75, 3.05) is 0 Å². The van der Waals surface area contributed by atoms with Crippen LogP contribution in [0.3, 0.4) is 0 Å². The maximum absolute atomic E-state index is 12.4. The Labute approximate surface area is 144 Å². The van der Waals surface area contributed by atoms with Gasteiger partial charge in [-0.1, -0.05) is 38.5 Å². The van der Waals surface area contributed by atoms with E-state index >= 15 is 0 Å². The molecule has 0 bridgehead atoms. The molecule has 0 heterocycles. The van der Waals surface area contributed by atoms with E-state index in [0.717, 1.165) is 24.7 Å². The van der Waals surface area contributed by atoms with Crippen LogP contribution in [-0.2, 0) is 4.79 Å². The molecule has 24 heavy (non-hydrogen) atoms. The second kappa shape index (κ2) is 8.24. The molecule has 0 N–H and O–H groups in total. The first-order valence-electron chi connectivity index (χ1n) is 9.20. The number of terminal acetylenes is 1. The van der Waals surface area contributed by atoms with Gasteiger partial charge in [-0.05, 0) is 61.8 Å². The molecule has 1 aromatic rings. The maximum Gasteiger partial charge on any atom is 0.314 e. The predicted octanol–water partition coefficient (Wildman–Crippen LogP) is 4.95. The van der Waals surface area contributed by atoms with Crippen LogP contribution in [0, 0.1) is 30.3 Å². The van der Waals surface area contributed by atoms with Crippen molar-refractivity contribution in [2.45, 2.75) is 57.8 Å². The quantitative estimate of drug-likeness (QED) is 0.446. The summed E-state index contributed by atoms with van der Waals surface area (Å²) in [7, 11) is 0. The van der Waals surface area contributed by atoms with Gasteiger partial charge < -0.3 is 9.47 Å². The summed E-state index contributed by atoms with van der Waals surface area (Å²) in [5, 5.41) is 0. The molecule has 0 aliphatic heterocycles. The molecule has 0 atom stereocenters. The van der Waals surface area contributed by atoms with Crippen LogP contribution in [0.2, 0.25) is 0 Å². The number of carbonyl (C=O) groups excluding carboxylic acids is 1. The van der Waals surface area contributed by atoms with Crippen molar-refractivity contribution in [3.05, 3.63) is 24.3 Å². The van der Waals surface area contributed by atoms with Gasteiger partial charge in [-0.2, -0.15) is 0 Å². The average Bonchev–Trinajstić information content (AvgIpc) is 2.64. The van der Waals surface area contributed by atoms with Gasteiger partial charge in [0.25, 0.3) is 0 Å². The van der Waals surface area contributed by atoms with E-state index in [2.05, 4.69) is 6.11 Å². The minimum atomic E-state index is -0.0947. The van der Waals surface area contributed by atoms with E-state index in [1.807, 2.05) is 0 Å². The molecule has 3 heteroatoms. The fraction of sp³-hybridized carbons (Fsp3) is 0.571. The first-order chi connectivity index (χ1) is 11.8. The van der Waals surface area contributed by atoms with Crippen molar-refractivity contribution < 1.29 is 14.3 Å². The minimum Gasteiger partial charge on any atom is -0.426 e. The average molecular weight is 326 g/mol. The fourth-order valence-corrected chi connectivity index (χ4v) is 4.28. The highest BCUT2D eigenvalue weighted by Crippen LogP contribution is 2.40. The number of esters is 1. The van der Waals surface area contributed by atoms with E-state index in [1.165, 1.54) is 44.9 Å². The van der Waals surface area contributed by atoms with E-state index in [0.29, 0.717) is 11.5 Å². The highest BCUT2D eigenvalue weighted by atomic mass is 16.5. The van der Waals surface area contributed by atoms with E-state index in [9.17, 15) is 4.79 Å². The van der Waals surface area contributed by atoms with Crippen LogP contribution in [0.1, 0.15) is 57.8 Å². The first-order valence-corrected chi connectivity index (χ1v) is 9.20. The summed E-state index contributed by atoms with van der Waals surface area (Å²) in [5.74, 6) is 2.81. The highest BCUT2D eigenvalue weighted by molar-refractivity contribution is 5.75. The van der Waals surface area contributed by atoms with Gasteiger partial charge in [-0.15, -0.1) is 0 Å². The molecule has 2 fully saturated rings. The van der Waals surface area contributed by atoms with Crippen LogP contribution in [0.5, 0.6) is 11.5 Å². The molecule has 1 aromatic carbocycles. The van der Waals surface area contributed by atoms with E-state index in [4.69, 9.17) is 15.9 Å². The minimum absolute atomic E-state index is 0.0477. The summed E-state index contributed by atoms with van der Waals surface area (Å²) in [6, 6.07) is 6.86. The summed E-state index contributed by atoms with van der Waals surface area (Å²) >= 11 is 0. The first kappa shape index (κ1) is 16.9. The van der Waals surface area contributed by atoms with Crippen molar-refractivity contribution >= 4 is 5.97 Å². The third kappa shape index (κ3) is 4.32. The third-order valence-corrected chi connectivity index (χ3v) is 5.64. The number of hydrogen-bond acceptors (Lipinski definition) is 3. The molecule has 0 aromatic heterocycles. The Kier molecular flexibility index (Phi) is 5.80. The van der Waals surface area contributed by atoms with Crippen LogP contribution in [0.25, 0.3) is 0 Å². The number of carbonyl (C=O) groups is 1. The molecule has 2 saturated carbocycles. The zero-order chi connectivity index (χ0) is 16.8. The molecule has 0 saturated heterocycles. The van der Waals surface area contributed by atoms with Crippen molar-refractivity contribution in [3.63, 3.8) is 0 Å². The van der Waals surface area contributed by atoms with Gasteiger partial charge in [0, 0.05) is 0 Å². The van der Waals surface area contributed by atoms with Gasteiger partial charge >= 0.3 is 5.97 Å². The number of benzene rings is 1. The van der Waals surface area contributed by atoms with Gasteiger partial charge in [-0.3, -0.25) is 4.79 Å². The Morgan fingerprint density at radius 1 is 0.875 bits per heavy atom. The summed E-state index contributed by atoms with van der Waals surface area (Å²) in [4.78, 5) is 12.4. The molecular weight excluding hydrogens is 300 g/mol. The van der Waals surface area contributed by atoms with Crippen molar-refractivity contribution in [2.24, 2.45) is 17.8 Å². The normalized spacial score (nSPS) is 24.8. The summed E-state index contributed by atoms with van der Waals surface area (Å²) in [6.45, 7) is 0. The topological polar surface area (TPSA) is 35.5 Å². The third-order valence-electron chi connectivity index (χ3n) is 5.64. The molecule has 128 valence electrons.